The first-order valence-electron chi connectivity index (χ1n) is 7.14. The fraction of sp³-hybridized carbons (Fsp3) is 0.500. The lowest BCUT2D eigenvalue weighted by molar-refractivity contribution is 0.0690. The highest BCUT2D eigenvalue weighted by molar-refractivity contribution is 8.00. The van der Waals surface area contributed by atoms with Crippen LogP contribution in [0.25, 0.3) is 0 Å². The minimum Gasteiger partial charge on any atom is -0.535 e. The van der Waals surface area contributed by atoms with Gasteiger partial charge in [-0.3, -0.25) is 0 Å². The predicted molar refractivity (Wildman–Crippen MR) is 78.2 cm³/mol. The molecule has 110 valence electrons. The first kappa shape index (κ1) is 13.5. The van der Waals surface area contributed by atoms with Gasteiger partial charge in [0.25, 0.3) is 0 Å². The number of rotatable bonds is 3. The molecule has 2 N–H and O–H groups in total. The molecule has 1 aromatic rings. The van der Waals surface area contributed by atoms with Gasteiger partial charge in [0.05, 0.1) is 6.61 Å². The van der Waals surface area contributed by atoms with E-state index < -0.39 is 13.1 Å². The average Bonchev–Trinajstić information content (AvgIpc) is 3.10. The van der Waals surface area contributed by atoms with Crippen molar-refractivity contribution in [1.29, 1.82) is 0 Å². The third kappa shape index (κ3) is 2.24. The number of carbonyl (C=O) groups is 1. The van der Waals surface area contributed by atoms with Gasteiger partial charge < -0.3 is 19.5 Å². The van der Waals surface area contributed by atoms with Crippen molar-refractivity contribution in [1.82, 2.24) is 0 Å². The summed E-state index contributed by atoms with van der Waals surface area (Å²) in [7, 11) is -0.879. The fourth-order valence-corrected chi connectivity index (χ4v) is 4.36. The lowest BCUT2D eigenvalue weighted by atomic mass is 9.77. The quantitative estimate of drug-likeness (QED) is 0.832. The highest BCUT2D eigenvalue weighted by atomic mass is 32.2. The summed E-state index contributed by atoms with van der Waals surface area (Å²) >= 11 is 1.53. The summed E-state index contributed by atoms with van der Waals surface area (Å²) in [6.07, 6.45) is 1.80. The van der Waals surface area contributed by atoms with Crippen LogP contribution in [0, 0.1) is 0 Å². The van der Waals surface area contributed by atoms with Gasteiger partial charge in [0, 0.05) is 22.6 Å². The molecule has 1 saturated carbocycles. The second kappa shape index (κ2) is 4.93. The van der Waals surface area contributed by atoms with Crippen molar-refractivity contribution in [2.75, 3.05) is 13.2 Å². The van der Waals surface area contributed by atoms with Crippen molar-refractivity contribution < 1.29 is 24.3 Å². The molecule has 0 spiro atoms. The summed E-state index contributed by atoms with van der Waals surface area (Å²) in [4.78, 5) is 12.4. The summed E-state index contributed by atoms with van der Waals surface area (Å²) in [6.45, 7) is 1.37. The van der Waals surface area contributed by atoms with Crippen LogP contribution in [0.3, 0.4) is 0 Å². The van der Waals surface area contributed by atoms with Crippen molar-refractivity contribution >= 4 is 24.8 Å². The Labute approximate surface area is 126 Å². The number of ether oxygens (including phenoxy) is 1. The van der Waals surface area contributed by atoms with E-state index in [4.69, 9.17) is 9.39 Å². The molecular weight excluding hydrogens is 291 g/mol. The van der Waals surface area contributed by atoms with Crippen LogP contribution in [0.4, 0.5) is 0 Å². The summed E-state index contributed by atoms with van der Waals surface area (Å²) in [5.41, 5.74) is 1.11. The normalized spacial score (nSPS) is 29.6. The molecule has 1 aromatic carbocycles. The van der Waals surface area contributed by atoms with Crippen LogP contribution in [0.15, 0.2) is 17.0 Å². The van der Waals surface area contributed by atoms with Crippen molar-refractivity contribution in [3.8, 4) is 5.75 Å². The molecular formula is C14H15BO5S. The van der Waals surface area contributed by atoms with Crippen molar-refractivity contribution in [2.24, 2.45) is 0 Å². The highest BCUT2D eigenvalue weighted by Gasteiger charge is 2.54. The molecule has 3 aliphatic rings. The van der Waals surface area contributed by atoms with Crippen LogP contribution in [0.1, 0.15) is 34.7 Å². The minimum absolute atomic E-state index is 0.126. The van der Waals surface area contributed by atoms with E-state index in [1.54, 1.807) is 0 Å². The van der Waals surface area contributed by atoms with Gasteiger partial charge in [0.15, 0.2) is 0 Å². The summed E-state index contributed by atoms with van der Waals surface area (Å²) in [6, 6.07) is 3.83. The molecule has 2 aliphatic heterocycles. The zero-order valence-corrected chi connectivity index (χ0v) is 12.1. The second-order valence-electron chi connectivity index (χ2n) is 5.78. The average molecular weight is 306 g/mol. The number of fused-ring (bicyclic) bond motifs is 3. The number of hydrogen-bond acceptors (Lipinski definition) is 5. The zero-order valence-electron chi connectivity index (χ0n) is 11.3. The van der Waals surface area contributed by atoms with Gasteiger partial charge >= 0.3 is 13.1 Å². The number of hydrogen-bond donors (Lipinski definition) is 2. The predicted octanol–water partition coefficient (Wildman–Crippen LogP) is 2.00. The Hall–Kier alpha value is -1.18. The van der Waals surface area contributed by atoms with Crippen molar-refractivity contribution in [3.63, 3.8) is 0 Å². The maximum atomic E-state index is 11.7. The van der Waals surface area contributed by atoms with Gasteiger partial charge in [-0.15, -0.1) is 11.8 Å². The summed E-state index contributed by atoms with van der Waals surface area (Å²) in [5, 5.41) is 19.8. The number of carboxylic acid groups (broad SMARTS) is 1. The molecule has 1 saturated heterocycles. The topological polar surface area (TPSA) is 76.0 Å². The van der Waals surface area contributed by atoms with E-state index in [0.29, 0.717) is 17.3 Å². The van der Waals surface area contributed by atoms with Gasteiger partial charge in [0.1, 0.15) is 11.3 Å². The molecule has 0 bridgehead atoms. The van der Waals surface area contributed by atoms with E-state index >= 15 is 0 Å². The van der Waals surface area contributed by atoms with Crippen LogP contribution >= 0.6 is 11.8 Å². The molecule has 21 heavy (non-hydrogen) atoms. The van der Waals surface area contributed by atoms with Crippen LogP contribution in [-0.4, -0.2) is 41.7 Å². The minimum atomic E-state index is -1.00. The van der Waals surface area contributed by atoms with Crippen LogP contribution in [0.2, 0.25) is 5.82 Å². The summed E-state index contributed by atoms with van der Waals surface area (Å²) in [5.74, 6) is -0.270. The van der Waals surface area contributed by atoms with Gasteiger partial charge in [-0.1, -0.05) is 6.07 Å². The van der Waals surface area contributed by atoms with E-state index in [0.717, 1.165) is 25.0 Å². The number of carboxylic acids is 1. The Morgan fingerprint density at radius 2 is 2.29 bits per heavy atom. The molecule has 2 fully saturated rings. The second-order valence-corrected chi connectivity index (χ2v) is 7.12. The maximum absolute atomic E-state index is 11.7. The Kier molecular flexibility index (Phi) is 3.17. The molecule has 4 rings (SSSR count). The van der Waals surface area contributed by atoms with E-state index in [2.05, 4.69) is 0 Å². The lowest BCUT2D eigenvalue weighted by Gasteiger charge is -2.23. The molecule has 0 aromatic heterocycles. The highest BCUT2D eigenvalue weighted by Crippen LogP contribution is 2.60. The van der Waals surface area contributed by atoms with Gasteiger partial charge in [-0.2, -0.15) is 0 Å². The molecule has 7 heteroatoms. The van der Waals surface area contributed by atoms with E-state index in [9.17, 15) is 14.9 Å². The first-order valence-corrected chi connectivity index (χ1v) is 8.02. The number of aromatic carboxylic acids is 1. The fourth-order valence-electron chi connectivity index (χ4n) is 3.18. The molecule has 0 amide bonds. The third-order valence-electron chi connectivity index (χ3n) is 4.39. The number of thioether (sulfide) groups is 1. The Balaban J connectivity index is 1.74. The van der Waals surface area contributed by atoms with Crippen molar-refractivity contribution in [3.05, 3.63) is 23.3 Å². The van der Waals surface area contributed by atoms with E-state index in [1.165, 1.54) is 11.8 Å². The molecule has 1 aliphatic carbocycles. The molecule has 0 radical (unpaired) electrons. The Morgan fingerprint density at radius 1 is 1.43 bits per heavy atom. The summed E-state index contributed by atoms with van der Waals surface area (Å²) < 4.78 is 10.9. The molecule has 5 nitrogen and oxygen atoms in total. The zero-order chi connectivity index (χ0) is 14.6. The standard InChI is InChI=1S/C14H15BO5S/c16-14(17)12-11(21-7-3-4-19-6-7)2-1-8-9-5-10(9)15(18)20-13(8)12/h1-2,7,9-10,18H,3-6H2,(H,16,17)/t7-,9-,10-/m1/s1. The van der Waals surface area contributed by atoms with Gasteiger partial charge in [0.2, 0.25) is 0 Å². The van der Waals surface area contributed by atoms with E-state index in [1.807, 2.05) is 12.1 Å². The number of benzene rings is 1. The van der Waals surface area contributed by atoms with Crippen molar-refractivity contribution in [2.45, 2.75) is 34.7 Å². The van der Waals surface area contributed by atoms with Crippen LogP contribution in [0.5, 0.6) is 5.75 Å². The van der Waals surface area contributed by atoms with Gasteiger partial charge in [-0.25, -0.2) is 4.79 Å². The smallest absolute Gasteiger partial charge is 0.526 e. The van der Waals surface area contributed by atoms with Gasteiger partial charge in [-0.05, 0) is 30.4 Å². The van der Waals surface area contributed by atoms with Crippen LogP contribution in [-0.2, 0) is 4.74 Å². The molecule has 0 unspecified atom stereocenters. The SMILES string of the molecule is O=C(O)c1c(S[C@@H]2CCOC2)ccc2c1OB(O)[C@@H]1C[C@H]21. The first-order chi connectivity index (χ1) is 10.1. The Morgan fingerprint density at radius 3 is 3.00 bits per heavy atom. The van der Waals surface area contributed by atoms with Crippen LogP contribution < -0.4 is 4.65 Å². The molecule has 3 atom stereocenters. The lowest BCUT2D eigenvalue weighted by Crippen LogP contribution is -2.27. The maximum Gasteiger partial charge on any atom is 0.526 e. The van der Waals surface area contributed by atoms with E-state index in [-0.39, 0.29) is 22.5 Å². The molecule has 2 heterocycles. The Bertz CT molecular complexity index is 601. The largest absolute Gasteiger partial charge is 0.535 e. The third-order valence-corrected chi connectivity index (χ3v) is 5.69. The monoisotopic (exact) mass is 306 g/mol.